The summed E-state index contributed by atoms with van der Waals surface area (Å²) in [6, 6.07) is 15.6. The van der Waals surface area contributed by atoms with Gasteiger partial charge in [0.15, 0.2) is 0 Å². The number of benzene rings is 2. The van der Waals surface area contributed by atoms with Crippen molar-refractivity contribution in [3.63, 3.8) is 0 Å². The van der Waals surface area contributed by atoms with Crippen LogP contribution >= 0.6 is 0 Å². The zero-order chi connectivity index (χ0) is 22.2. The Kier molecular flexibility index (Phi) is 7.01. The summed E-state index contributed by atoms with van der Waals surface area (Å²) < 4.78 is 15.8. The number of rotatable bonds is 7. The number of methoxy groups -OCH3 is 2. The summed E-state index contributed by atoms with van der Waals surface area (Å²) in [4.78, 5) is 27.7. The molecule has 0 unspecified atom stereocenters. The Bertz CT molecular complexity index is 1080. The van der Waals surface area contributed by atoms with Crippen molar-refractivity contribution in [2.24, 2.45) is 0 Å². The molecule has 0 spiro atoms. The van der Waals surface area contributed by atoms with Crippen LogP contribution in [0.1, 0.15) is 28.4 Å². The quantitative estimate of drug-likeness (QED) is 0.451. The number of carbonyl (C=O) groups excluding carboxylic acids is 2. The topological polar surface area (TPSA) is 86.8 Å². The lowest BCUT2D eigenvalue weighted by Crippen LogP contribution is -2.09. The Balaban J connectivity index is 1.67. The molecule has 0 aliphatic carbocycles. The maximum Gasteiger partial charge on any atom is 0.343 e. The number of nitrogens with zero attached hydrogens (tertiary/aromatic N) is 1. The summed E-state index contributed by atoms with van der Waals surface area (Å²) in [6.07, 6.45) is 5.43. The van der Waals surface area contributed by atoms with Crippen LogP contribution in [0.5, 0.6) is 17.2 Å². The van der Waals surface area contributed by atoms with Gasteiger partial charge in [-0.1, -0.05) is 24.3 Å². The molecule has 0 aliphatic rings. The number of pyridine rings is 1. The van der Waals surface area contributed by atoms with Crippen molar-refractivity contribution < 1.29 is 23.8 Å². The van der Waals surface area contributed by atoms with Gasteiger partial charge in [-0.2, -0.15) is 0 Å². The number of nitrogens with one attached hydrogen (secondary N) is 1. The number of anilines is 1. The van der Waals surface area contributed by atoms with Crippen molar-refractivity contribution in [2.75, 3.05) is 19.5 Å². The molecule has 7 heteroatoms. The predicted molar refractivity (Wildman–Crippen MR) is 118 cm³/mol. The third-order valence-electron chi connectivity index (χ3n) is 4.23. The highest BCUT2D eigenvalue weighted by molar-refractivity contribution is 5.92. The predicted octanol–water partition coefficient (Wildman–Crippen LogP) is 4.45. The fraction of sp³-hybridized carbons (Fsp3) is 0.125. The minimum atomic E-state index is -0.511. The van der Waals surface area contributed by atoms with Crippen LogP contribution < -0.4 is 19.5 Å². The molecule has 1 aromatic heterocycles. The SMILES string of the molecule is COc1cc(OC)cc(C(=O)Oc2ccc(/C=C/c3ccnc(NC(C)=O)c3)cc2)c1. The van der Waals surface area contributed by atoms with Crippen molar-refractivity contribution >= 4 is 29.8 Å². The van der Waals surface area contributed by atoms with Gasteiger partial charge in [0.25, 0.3) is 0 Å². The minimum Gasteiger partial charge on any atom is -0.497 e. The van der Waals surface area contributed by atoms with Crippen LogP contribution in [0, 0.1) is 0 Å². The van der Waals surface area contributed by atoms with Crippen LogP contribution in [0.15, 0.2) is 60.8 Å². The van der Waals surface area contributed by atoms with Gasteiger partial charge in [0.05, 0.1) is 19.8 Å². The van der Waals surface area contributed by atoms with E-state index in [1.165, 1.54) is 21.1 Å². The van der Waals surface area contributed by atoms with E-state index in [0.29, 0.717) is 28.6 Å². The molecule has 0 radical (unpaired) electrons. The van der Waals surface area contributed by atoms with E-state index in [0.717, 1.165) is 11.1 Å². The monoisotopic (exact) mass is 418 g/mol. The lowest BCUT2D eigenvalue weighted by molar-refractivity contribution is -0.114. The lowest BCUT2D eigenvalue weighted by atomic mass is 10.1. The van der Waals surface area contributed by atoms with Gasteiger partial charge in [-0.05, 0) is 47.5 Å². The van der Waals surface area contributed by atoms with Gasteiger partial charge in [-0.15, -0.1) is 0 Å². The lowest BCUT2D eigenvalue weighted by Gasteiger charge is -2.09. The third kappa shape index (κ3) is 6.17. The first-order valence-corrected chi connectivity index (χ1v) is 9.44. The highest BCUT2D eigenvalue weighted by Crippen LogP contribution is 2.24. The van der Waals surface area contributed by atoms with Gasteiger partial charge in [-0.25, -0.2) is 9.78 Å². The third-order valence-corrected chi connectivity index (χ3v) is 4.23. The molecule has 7 nitrogen and oxygen atoms in total. The van der Waals surface area contributed by atoms with Crippen molar-refractivity contribution in [3.8, 4) is 17.2 Å². The van der Waals surface area contributed by atoms with Crippen LogP contribution in [-0.2, 0) is 4.79 Å². The summed E-state index contributed by atoms with van der Waals surface area (Å²) in [6.45, 7) is 1.43. The first-order chi connectivity index (χ1) is 15.0. The molecule has 1 N–H and O–H groups in total. The maximum atomic E-state index is 12.5. The van der Waals surface area contributed by atoms with Crippen LogP contribution in [0.2, 0.25) is 0 Å². The maximum absolute atomic E-state index is 12.5. The summed E-state index contributed by atoms with van der Waals surface area (Å²) in [5.41, 5.74) is 2.13. The van der Waals surface area contributed by atoms with Crippen molar-refractivity contribution in [1.82, 2.24) is 4.98 Å². The Hall–Kier alpha value is -4.13. The zero-order valence-electron chi connectivity index (χ0n) is 17.4. The largest absolute Gasteiger partial charge is 0.497 e. The van der Waals surface area contributed by atoms with Gasteiger partial charge in [0.1, 0.15) is 23.1 Å². The van der Waals surface area contributed by atoms with Crippen molar-refractivity contribution in [1.29, 1.82) is 0 Å². The number of esters is 1. The van der Waals surface area contributed by atoms with Gasteiger partial charge < -0.3 is 19.5 Å². The fourth-order valence-electron chi connectivity index (χ4n) is 2.73. The second-order valence-corrected chi connectivity index (χ2v) is 6.55. The normalized spacial score (nSPS) is 10.5. The second kappa shape index (κ2) is 10.1. The van der Waals surface area contributed by atoms with E-state index in [9.17, 15) is 9.59 Å². The summed E-state index contributed by atoms with van der Waals surface area (Å²) in [5.74, 6) is 1.23. The van der Waals surface area contributed by atoms with E-state index >= 15 is 0 Å². The highest BCUT2D eigenvalue weighted by atomic mass is 16.5. The Morgan fingerprint density at radius 1 is 0.839 bits per heavy atom. The van der Waals surface area contributed by atoms with Crippen LogP contribution in [0.3, 0.4) is 0 Å². The number of amides is 1. The Morgan fingerprint density at radius 2 is 1.48 bits per heavy atom. The van der Waals surface area contributed by atoms with Crippen LogP contribution in [0.25, 0.3) is 12.2 Å². The summed E-state index contributed by atoms with van der Waals surface area (Å²) in [5, 5.41) is 2.65. The average Bonchev–Trinajstić information content (AvgIpc) is 2.78. The molecule has 0 saturated carbocycles. The van der Waals surface area contributed by atoms with Crippen molar-refractivity contribution in [2.45, 2.75) is 6.92 Å². The van der Waals surface area contributed by atoms with E-state index in [2.05, 4.69) is 10.3 Å². The first-order valence-electron chi connectivity index (χ1n) is 9.44. The molecule has 158 valence electrons. The van der Waals surface area contributed by atoms with Crippen LogP contribution in [-0.4, -0.2) is 31.1 Å². The van der Waals surface area contributed by atoms with E-state index < -0.39 is 5.97 Å². The van der Waals surface area contributed by atoms with Gasteiger partial charge in [0.2, 0.25) is 5.91 Å². The zero-order valence-corrected chi connectivity index (χ0v) is 17.4. The summed E-state index contributed by atoms with van der Waals surface area (Å²) in [7, 11) is 3.03. The molecule has 0 saturated heterocycles. The molecule has 3 aromatic rings. The average molecular weight is 418 g/mol. The molecular formula is C24H22N2O5. The molecule has 0 atom stereocenters. The number of hydrogen-bond acceptors (Lipinski definition) is 6. The van der Waals surface area contributed by atoms with Gasteiger partial charge in [0, 0.05) is 19.2 Å². The fourth-order valence-corrected chi connectivity index (χ4v) is 2.73. The van der Waals surface area contributed by atoms with Gasteiger partial charge >= 0.3 is 5.97 Å². The molecule has 0 bridgehead atoms. The van der Waals surface area contributed by atoms with E-state index in [-0.39, 0.29) is 5.91 Å². The molecule has 1 amide bonds. The standard InChI is InChI=1S/C24H22N2O5/c1-16(27)26-23-12-18(10-11-25-23)5-4-17-6-8-20(9-7-17)31-24(28)19-13-21(29-2)15-22(14-19)30-3/h4-15H,1-3H3,(H,25,26,27)/b5-4+. The Labute approximate surface area is 180 Å². The number of ether oxygens (including phenoxy) is 3. The first kappa shape index (κ1) is 21.6. The number of carbonyl (C=O) groups is 2. The minimum absolute atomic E-state index is 0.175. The highest BCUT2D eigenvalue weighted by Gasteiger charge is 2.12. The van der Waals surface area contributed by atoms with Crippen molar-refractivity contribution in [3.05, 3.63) is 77.5 Å². The molecule has 31 heavy (non-hydrogen) atoms. The van der Waals surface area contributed by atoms with E-state index in [1.54, 1.807) is 42.6 Å². The molecule has 3 rings (SSSR count). The van der Waals surface area contributed by atoms with E-state index in [4.69, 9.17) is 14.2 Å². The molecule has 0 fully saturated rings. The Morgan fingerprint density at radius 3 is 2.10 bits per heavy atom. The molecule has 0 aliphatic heterocycles. The second-order valence-electron chi connectivity index (χ2n) is 6.55. The number of aromatic nitrogens is 1. The molecule has 1 heterocycles. The smallest absolute Gasteiger partial charge is 0.343 e. The van der Waals surface area contributed by atoms with E-state index in [1.807, 2.05) is 30.4 Å². The molecule has 2 aromatic carbocycles. The molecular weight excluding hydrogens is 396 g/mol. The number of hydrogen-bond donors (Lipinski definition) is 1. The van der Waals surface area contributed by atoms with Gasteiger partial charge in [-0.3, -0.25) is 4.79 Å². The van der Waals surface area contributed by atoms with Crippen LogP contribution in [0.4, 0.5) is 5.82 Å². The summed E-state index contributed by atoms with van der Waals surface area (Å²) >= 11 is 0.